The summed E-state index contributed by atoms with van der Waals surface area (Å²) in [6.45, 7) is 5.98. The van der Waals surface area contributed by atoms with Crippen LogP contribution in [0, 0.1) is 5.92 Å². The van der Waals surface area contributed by atoms with E-state index in [4.69, 9.17) is 9.47 Å². The Kier molecular flexibility index (Phi) is 5.76. The third kappa shape index (κ3) is 4.12. The quantitative estimate of drug-likeness (QED) is 0.885. The van der Waals surface area contributed by atoms with E-state index in [9.17, 15) is 4.79 Å². The molecule has 2 aliphatic heterocycles. The molecule has 4 rings (SSSR count). The standard InChI is InChI=1S/C23H28N2O3/c1-16-20(24-17(2)26)14-25(13-18-9-5-3-6-10-18)21-15-27-23(28-22(16)21)19-11-7-4-8-12-19/h3-12,16,20-23H,13-15H2,1-2H3,(H,24,26)/t16-,20+,21-,22+,23?/m1/s1. The molecule has 5 atom stereocenters. The predicted molar refractivity (Wildman–Crippen MR) is 107 cm³/mol. The minimum Gasteiger partial charge on any atom is -0.352 e. The third-order valence-corrected chi connectivity index (χ3v) is 5.82. The average molecular weight is 380 g/mol. The molecule has 0 saturated carbocycles. The van der Waals surface area contributed by atoms with Gasteiger partial charge in [-0.25, -0.2) is 0 Å². The highest BCUT2D eigenvalue weighted by Crippen LogP contribution is 2.36. The molecule has 148 valence electrons. The number of rotatable bonds is 4. The van der Waals surface area contributed by atoms with Gasteiger partial charge in [0.1, 0.15) is 0 Å². The number of nitrogens with one attached hydrogen (secondary N) is 1. The highest BCUT2D eigenvalue weighted by molar-refractivity contribution is 5.73. The second kappa shape index (κ2) is 8.43. The molecule has 0 aromatic heterocycles. The summed E-state index contributed by atoms with van der Waals surface area (Å²) in [6, 6.07) is 20.7. The first-order chi connectivity index (χ1) is 13.6. The van der Waals surface area contributed by atoms with Crippen LogP contribution < -0.4 is 5.32 Å². The number of ether oxygens (including phenoxy) is 2. The Bertz CT molecular complexity index is 783. The van der Waals surface area contributed by atoms with Crippen molar-refractivity contribution in [3.63, 3.8) is 0 Å². The molecule has 2 heterocycles. The van der Waals surface area contributed by atoms with Crippen molar-refractivity contribution in [2.45, 2.75) is 44.9 Å². The minimum absolute atomic E-state index is 0.00151. The average Bonchev–Trinajstić information content (AvgIpc) is 2.72. The third-order valence-electron chi connectivity index (χ3n) is 5.82. The number of benzene rings is 2. The van der Waals surface area contributed by atoms with Crippen LogP contribution in [0.4, 0.5) is 0 Å². The number of hydrogen-bond acceptors (Lipinski definition) is 4. The van der Waals surface area contributed by atoms with Gasteiger partial charge < -0.3 is 14.8 Å². The molecule has 2 aromatic carbocycles. The van der Waals surface area contributed by atoms with E-state index in [0.717, 1.165) is 18.7 Å². The van der Waals surface area contributed by atoms with Gasteiger partial charge in [0, 0.05) is 37.5 Å². The van der Waals surface area contributed by atoms with E-state index in [0.29, 0.717) is 6.61 Å². The SMILES string of the molecule is CC(=O)N[C@H]1CN(Cc2ccccc2)[C@@H]2COC(c3ccccc3)O[C@H]2[C@@H]1C. The van der Waals surface area contributed by atoms with Gasteiger partial charge in [-0.1, -0.05) is 67.6 Å². The lowest BCUT2D eigenvalue weighted by atomic mass is 9.84. The number of piperidine rings is 1. The van der Waals surface area contributed by atoms with Crippen molar-refractivity contribution in [2.75, 3.05) is 13.2 Å². The summed E-state index contributed by atoms with van der Waals surface area (Å²) in [5.41, 5.74) is 2.28. The predicted octanol–water partition coefficient (Wildman–Crippen LogP) is 3.13. The maximum absolute atomic E-state index is 11.8. The maximum Gasteiger partial charge on any atom is 0.217 e. The van der Waals surface area contributed by atoms with Gasteiger partial charge >= 0.3 is 0 Å². The van der Waals surface area contributed by atoms with Crippen molar-refractivity contribution in [3.8, 4) is 0 Å². The first kappa shape index (κ1) is 19.1. The van der Waals surface area contributed by atoms with E-state index in [1.165, 1.54) is 5.56 Å². The number of amides is 1. The van der Waals surface area contributed by atoms with Crippen LogP contribution in [0.5, 0.6) is 0 Å². The monoisotopic (exact) mass is 380 g/mol. The van der Waals surface area contributed by atoms with Gasteiger partial charge in [-0.2, -0.15) is 0 Å². The molecule has 2 aromatic rings. The van der Waals surface area contributed by atoms with Gasteiger partial charge in [-0.05, 0) is 5.56 Å². The molecular weight excluding hydrogens is 352 g/mol. The zero-order valence-electron chi connectivity index (χ0n) is 16.5. The van der Waals surface area contributed by atoms with Crippen molar-refractivity contribution in [2.24, 2.45) is 5.92 Å². The van der Waals surface area contributed by atoms with Crippen molar-refractivity contribution >= 4 is 5.91 Å². The second-order valence-corrected chi connectivity index (χ2v) is 7.83. The number of carbonyl (C=O) groups excluding carboxylic acids is 1. The summed E-state index contributed by atoms with van der Waals surface area (Å²) in [6.07, 6.45) is -0.368. The van der Waals surface area contributed by atoms with Gasteiger partial charge in [-0.3, -0.25) is 9.69 Å². The van der Waals surface area contributed by atoms with Crippen LogP contribution in [0.1, 0.15) is 31.3 Å². The summed E-state index contributed by atoms with van der Waals surface area (Å²) in [5, 5.41) is 3.13. The largest absolute Gasteiger partial charge is 0.352 e. The molecular formula is C23H28N2O3. The molecule has 2 saturated heterocycles. The lowest BCUT2D eigenvalue weighted by molar-refractivity contribution is -0.268. The van der Waals surface area contributed by atoms with Crippen molar-refractivity contribution in [1.82, 2.24) is 10.2 Å². The van der Waals surface area contributed by atoms with Crippen LogP contribution in [-0.4, -0.2) is 42.1 Å². The molecule has 0 bridgehead atoms. The van der Waals surface area contributed by atoms with Gasteiger partial charge in [0.2, 0.25) is 5.91 Å². The van der Waals surface area contributed by atoms with E-state index in [1.807, 2.05) is 36.4 Å². The molecule has 1 amide bonds. The summed E-state index contributed by atoms with van der Waals surface area (Å²) >= 11 is 0. The molecule has 1 unspecified atom stereocenters. The van der Waals surface area contributed by atoms with Crippen LogP contribution in [0.25, 0.3) is 0 Å². The van der Waals surface area contributed by atoms with Gasteiger partial charge in [-0.15, -0.1) is 0 Å². The van der Waals surface area contributed by atoms with Gasteiger partial charge in [0.15, 0.2) is 6.29 Å². The number of nitrogens with zero attached hydrogens (tertiary/aromatic N) is 1. The zero-order chi connectivity index (χ0) is 19.5. The fourth-order valence-corrected chi connectivity index (χ4v) is 4.35. The molecule has 1 N–H and O–H groups in total. The van der Waals surface area contributed by atoms with Crippen LogP contribution in [-0.2, 0) is 20.8 Å². The summed E-state index contributed by atoms with van der Waals surface area (Å²) < 4.78 is 12.6. The first-order valence-electron chi connectivity index (χ1n) is 9.99. The van der Waals surface area contributed by atoms with Crippen molar-refractivity contribution in [1.29, 1.82) is 0 Å². The van der Waals surface area contributed by atoms with E-state index < -0.39 is 0 Å². The van der Waals surface area contributed by atoms with Crippen LogP contribution in [0.3, 0.4) is 0 Å². The molecule has 5 heteroatoms. The molecule has 5 nitrogen and oxygen atoms in total. The minimum atomic E-state index is -0.362. The second-order valence-electron chi connectivity index (χ2n) is 7.83. The van der Waals surface area contributed by atoms with Gasteiger partial charge in [0.25, 0.3) is 0 Å². The fourth-order valence-electron chi connectivity index (χ4n) is 4.35. The lowest BCUT2D eigenvalue weighted by Gasteiger charge is -2.51. The smallest absolute Gasteiger partial charge is 0.217 e. The summed E-state index contributed by atoms with van der Waals surface area (Å²) in [4.78, 5) is 14.2. The van der Waals surface area contributed by atoms with Crippen LogP contribution >= 0.6 is 0 Å². The molecule has 2 fully saturated rings. The Morgan fingerprint density at radius 2 is 1.79 bits per heavy atom. The van der Waals surface area contributed by atoms with Crippen molar-refractivity contribution < 1.29 is 14.3 Å². The number of carbonyl (C=O) groups is 1. The molecule has 0 radical (unpaired) electrons. The molecule has 2 aliphatic rings. The lowest BCUT2D eigenvalue weighted by Crippen LogP contribution is -2.65. The fraction of sp³-hybridized carbons (Fsp3) is 0.435. The van der Waals surface area contributed by atoms with E-state index in [-0.39, 0.29) is 36.3 Å². The number of hydrogen-bond donors (Lipinski definition) is 1. The highest BCUT2D eigenvalue weighted by atomic mass is 16.7. The molecule has 0 aliphatic carbocycles. The Morgan fingerprint density at radius 1 is 1.11 bits per heavy atom. The van der Waals surface area contributed by atoms with E-state index in [2.05, 4.69) is 41.4 Å². The van der Waals surface area contributed by atoms with Crippen molar-refractivity contribution in [3.05, 3.63) is 71.8 Å². The van der Waals surface area contributed by atoms with Crippen LogP contribution in [0.2, 0.25) is 0 Å². The number of fused-ring (bicyclic) bond motifs is 1. The highest BCUT2D eigenvalue weighted by Gasteiger charge is 2.46. The van der Waals surface area contributed by atoms with E-state index in [1.54, 1.807) is 6.92 Å². The normalized spacial score (nSPS) is 30.4. The first-order valence-corrected chi connectivity index (χ1v) is 9.99. The van der Waals surface area contributed by atoms with Crippen LogP contribution in [0.15, 0.2) is 60.7 Å². The Labute approximate surface area is 166 Å². The summed E-state index contributed by atoms with van der Waals surface area (Å²) in [7, 11) is 0. The zero-order valence-corrected chi connectivity index (χ0v) is 16.5. The van der Waals surface area contributed by atoms with E-state index >= 15 is 0 Å². The summed E-state index contributed by atoms with van der Waals surface area (Å²) in [5.74, 6) is 0.206. The maximum atomic E-state index is 11.8. The molecule has 0 spiro atoms. The Balaban J connectivity index is 1.56. The number of likely N-dealkylation sites (tertiary alicyclic amines) is 1. The molecule has 28 heavy (non-hydrogen) atoms. The Morgan fingerprint density at radius 3 is 2.46 bits per heavy atom. The topological polar surface area (TPSA) is 50.8 Å². The Hall–Kier alpha value is -2.21. The van der Waals surface area contributed by atoms with Gasteiger partial charge in [0.05, 0.1) is 18.8 Å².